The molecule has 0 spiro atoms. The lowest BCUT2D eigenvalue weighted by molar-refractivity contribution is 0.250. The molecule has 1 fully saturated rings. The van der Waals surface area contributed by atoms with Crippen molar-refractivity contribution in [1.29, 1.82) is 0 Å². The minimum Gasteiger partial charge on any atom is -0.256 e. The van der Waals surface area contributed by atoms with Gasteiger partial charge in [-0.1, -0.05) is 77.3 Å². The molecule has 1 heterocycles. The van der Waals surface area contributed by atoms with Crippen LogP contribution >= 0.6 is 0 Å². The van der Waals surface area contributed by atoms with Gasteiger partial charge in [0.05, 0.1) is 5.69 Å². The zero-order valence-corrected chi connectivity index (χ0v) is 17.7. The molecule has 2 heteroatoms. The van der Waals surface area contributed by atoms with E-state index in [4.69, 9.17) is 0 Å². The van der Waals surface area contributed by atoms with Gasteiger partial charge in [-0.05, 0) is 60.4 Å². The Kier molecular flexibility index (Phi) is 8.06. The highest BCUT2D eigenvalue weighted by Gasteiger charge is 2.20. The van der Waals surface area contributed by atoms with E-state index in [-0.39, 0.29) is 5.82 Å². The number of benzene rings is 1. The van der Waals surface area contributed by atoms with Crippen molar-refractivity contribution in [3.8, 4) is 11.3 Å². The number of rotatable bonds is 9. The van der Waals surface area contributed by atoms with Gasteiger partial charge in [-0.3, -0.25) is 4.98 Å². The van der Waals surface area contributed by atoms with Crippen molar-refractivity contribution in [3.63, 3.8) is 0 Å². The minimum absolute atomic E-state index is 0.142. The summed E-state index contributed by atoms with van der Waals surface area (Å²) in [5.41, 5.74) is 3.68. The van der Waals surface area contributed by atoms with Gasteiger partial charge in [0.15, 0.2) is 0 Å². The Hall–Kier alpha value is -1.70. The van der Waals surface area contributed by atoms with Gasteiger partial charge in [-0.2, -0.15) is 0 Å². The molecule has 152 valence electrons. The van der Waals surface area contributed by atoms with Gasteiger partial charge in [-0.25, -0.2) is 4.39 Å². The smallest absolute Gasteiger partial charge is 0.132 e. The molecular weight excluding hydrogens is 345 g/mol. The molecule has 1 nitrogen and oxygen atoms in total. The number of halogens is 1. The molecule has 1 aliphatic carbocycles. The zero-order chi connectivity index (χ0) is 19.8. The number of pyridine rings is 1. The zero-order valence-electron chi connectivity index (χ0n) is 17.7. The third-order valence-electron chi connectivity index (χ3n) is 6.45. The third kappa shape index (κ3) is 5.90. The van der Waals surface area contributed by atoms with Crippen LogP contribution in [0.1, 0.15) is 82.8 Å². The Bertz CT molecular complexity index is 714. The summed E-state index contributed by atoms with van der Waals surface area (Å²) < 4.78 is 14.7. The normalized spacial score (nSPS) is 19.7. The number of aromatic nitrogens is 1. The summed E-state index contributed by atoms with van der Waals surface area (Å²) in [7, 11) is 0. The van der Waals surface area contributed by atoms with Crippen LogP contribution in [0.3, 0.4) is 0 Å². The molecule has 0 saturated heterocycles. The minimum atomic E-state index is -0.142. The highest BCUT2D eigenvalue weighted by atomic mass is 19.1. The molecule has 0 bridgehead atoms. The van der Waals surface area contributed by atoms with Gasteiger partial charge in [0.25, 0.3) is 0 Å². The molecule has 3 rings (SSSR count). The maximum atomic E-state index is 14.7. The van der Waals surface area contributed by atoms with Crippen molar-refractivity contribution in [2.24, 2.45) is 11.8 Å². The van der Waals surface area contributed by atoms with Crippen LogP contribution < -0.4 is 0 Å². The van der Waals surface area contributed by atoms with E-state index in [0.29, 0.717) is 5.56 Å². The first-order chi connectivity index (χ1) is 13.7. The van der Waals surface area contributed by atoms with E-state index < -0.39 is 0 Å². The SMILES string of the molecule is CCCCC1CCC(CCc2ccc(-c3ccc(CCC)cn3)c(F)c2)CC1. The van der Waals surface area contributed by atoms with Crippen molar-refractivity contribution in [3.05, 3.63) is 53.5 Å². The maximum absolute atomic E-state index is 14.7. The lowest BCUT2D eigenvalue weighted by Gasteiger charge is -2.28. The fourth-order valence-electron chi connectivity index (χ4n) is 4.61. The first-order valence-electron chi connectivity index (χ1n) is 11.4. The number of aryl methyl sites for hydroxylation is 2. The van der Waals surface area contributed by atoms with Crippen LogP contribution in [0.25, 0.3) is 11.3 Å². The summed E-state index contributed by atoms with van der Waals surface area (Å²) in [6.45, 7) is 4.44. The van der Waals surface area contributed by atoms with E-state index in [1.807, 2.05) is 18.3 Å². The first kappa shape index (κ1) is 21.0. The molecule has 0 unspecified atom stereocenters. The third-order valence-corrected chi connectivity index (χ3v) is 6.45. The molecule has 1 saturated carbocycles. The number of nitrogens with zero attached hydrogens (tertiary/aromatic N) is 1. The van der Waals surface area contributed by atoms with E-state index in [9.17, 15) is 4.39 Å². The second-order valence-corrected chi connectivity index (χ2v) is 8.68. The van der Waals surface area contributed by atoms with Gasteiger partial charge in [0.1, 0.15) is 5.82 Å². The first-order valence-corrected chi connectivity index (χ1v) is 11.4. The molecule has 1 aliphatic rings. The van der Waals surface area contributed by atoms with Crippen LogP contribution in [0.15, 0.2) is 36.5 Å². The number of unbranched alkanes of at least 4 members (excludes halogenated alkanes) is 1. The number of hydrogen-bond acceptors (Lipinski definition) is 1. The molecule has 0 atom stereocenters. The molecule has 1 aromatic carbocycles. The molecule has 0 aliphatic heterocycles. The van der Waals surface area contributed by atoms with Gasteiger partial charge >= 0.3 is 0 Å². The summed E-state index contributed by atoms with van der Waals surface area (Å²) in [5, 5.41) is 0. The second kappa shape index (κ2) is 10.7. The molecule has 28 heavy (non-hydrogen) atoms. The van der Waals surface area contributed by atoms with Gasteiger partial charge in [0.2, 0.25) is 0 Å². The van der Waals surface area contributed by atoms with Crippen LogP contribution in [0.4, 0.5) is 4.39 Å². The van der Waals surface area contributed by atoms with Crippen LogP contribution in [0, 0.1) is 17.7 Å². The van der Waals surface area contributed by atoms with Crippen molar-refractivity contribution >= 4 is 0 Å². The monoisotopic (exact) mass is 381 g/mol. The van der Waals surface area contributed by atoms with Crippen LogP contribution in [-0.2, 0) is 12.8 Å². The fraction of sp³-hybridized carbons (Fsp3) is 0.577. The van der Waals surface area contributed by atoms with Crippen molar-refractivity contribution < 1.29 is 4.39 Å². The van der Waals surface area contributed by atoms with Gasteiger partial charge in [0, 0.05) is 11.8 Å². The molecule has 0 amide bonds. The van der Waals surface area contributed by atoms with Crippen molar-refractivity contribution in [2.75, 3.05) is 0 Å². The highest BCUT2D eigenvalue weighted by Crippen LogP contribution is 2.34. The van der Waals surface area contributed by atoms with Crippen molar-refractivity contribution in [2.45, 2.75) is 84.5 Å². The quantitative estimate of drug-likeness (QED) is 0.432. The Labute approximate surface area is 170 Å². The molecule has 2 aromatic rings. The van der Waals surface area contributed by atoms with Crippen LogP contribution in [0.5, 0.6) is 0 Å². The average Bonchev–Trinajstić information content (AvgIpc) is 2.72. The lowest BCUT2D eigenvalue weighted by Crippen LogP contribution is -2.15. The summed E-state index contributed by atoms with van der Waals surface area (Å²) in [4.78, 5) is 4.47. The van der Waals surface area contributed by atoms with Crippen LogP contribution in [0.2, 0.25) is 0 Å². The van der Waals surface area contributed by atoms with E-state index in [1.54, 1.807) is 6.07 Å². The summed E-state index contributed by atoms with van der Waals surface area (Å²) in [6, 6.07) is 9.74. The summed E-state index contributed by atoms with van der Waals surface area (Å²) in [6.07, 6.45) is 15.8. The van der Waals surface area contributed by atoms with E-state index in [2.05, 4.69) is 31.0 Å². The van der Waals surface area contributed by atoms with E-state index in [0.717, 1.165) is 42.4 Å². The largest absolute Gasteiger partial charge is 0.256 e. The topological polar surface area (TPSA) is 12.9 Å². The Morgan fingerprint density at radius 3 is 2.18 bits per heavy atom. The summed E-state index contributed by atoms with van der Waals surface area (Å²) in [5.74, 6) is 1.65. The Balaban J connectivity index is 1.52. The molecule has 0 N–H and O–H groups in total. The Morgan fingerprint density at radius 1 is 0.857 bits per heavy atom. The second-order valence-electron chi connectivity index (χ2n) is 8.68. The Morgan fingerprint density at radius 2 is 1.57 bits per heavy atom. The fourth-order valence-corrected chi connectivity index (χ4v) is 4.61. The predicted octanol–water partition coefficient (Wildman–Crippen LogP) is 7.77. The van der Waals surface area contributed by atoms with E-state index in [1.165, 1.54) is 56.9 Å². The van der Waals surface area contributed by atoms with Gasteiger partial charge < -0.3 is 0 Å². The van der Waals surface area contributed by atoms with E-state index >= 15 is 0 Å². The average molecular weight is 382 g/mol. The predicted molar refractivity (Wildman–Crippen MR) is 117 cm³/mol. The highest BCUT2D eigenvalue weighted by molar-refractivity contribution is 5.60. The standard InChI is InChI=1S/C26H36FN/c1-3-5-7-20-8-10-21(11-9-20)12-13-22-14-16-24(25(27)18-22)26-17-15-23(6-4-2)19-28-26/h14-21H,3-13H2,1-2H3. The molecule has 0 radical (unpaired) electrons. The number of hydrogen-bond donors (Lipinski definition) is 0. The molecular formula is C26H36FN. The lowest BCUT2D eigenvalue weighted by atomic mass is 9.78. The maximum Gasteiger partial charge on any atom is 0.132 e. The molecule has 1 aromatic heterocycles. The van der Waals surface area contributed by atoms with Crippen LogP contribution in [-0.4, -0.2) is 4.98 Å². The van der Waals surface area contributed by atoms with Crippen molar-refractivity contribution in [1.82, 2.24) is 4.98 Å². The van der Waals surface area contributed by atoms with Gasteiger partial charge in [-0.15, -0.1) is 0 Å². The summed E-state index contributed by atoms with van der Waals surface area (Å²) >= 11 is 0.